The van der Waals surface area contributed by atoms with E-state index >= 15 is 0 Å². The third kappa shape index (κ3) is 4.28. The second-order valence-electron chi connectivity index (χ2n) is 5.33. The molecule has 25 heavy (non-hydrogen) atoms. The lowest BCUT2D eigenvalue weighted by atomic mass is 10.2. The van der Waals surface area contributed by atoms with Gasteiger partial charge in [-0.3, -0.25) is 4.79 Å². The van der Waals surface area contributed by atoms with Crippen LogP contribution in [0, 0.1) is 11.6 Å². The third-order valence-electron chi connectivity index (χ3n) is 3.44. The van der Waals surface area contributed by atoms with Crippen molar-refractivity contribution in [2.45, 2.75) is 6.42 Å². The van der Waals surface area contributed by atoms with Crippen LogP contribution < -0.4 is 14.8 Å². The van der Waals surface area contributed by atoms with Gasteiger partial charge in [0.2, 0.25) is 5.91 Å². The lowest BCUT2D eigenvalue weighted by Crippen LogP contribution is -2.09. The second kappa shape index (κ2) is 7.53. The summed E-state index contributed by atoms with van der Waals surface area (Å²) >= 11 is 6.17. The first-order valence-corrected chi connectivity index (χ1v) is 7.94. The van der Waals surface area contributed by atoms with Crippen LogP contribution >= 0.6 is 11.6 Å². The molecule has 0 aromatic heterocycles. The molecule has 0 saturated carbocycles. The molecule has 1 amide bonds. The van der Waals surface area contributed by atoms with Gasteiger partial charge in [0.05, 0.1) is 23.9 Å². The summed E-state index contributed by atoms with van der Waals surface area (Å²) in [6.45, 7) is 1.03. The molecule has 7 heteroatoms. The molecule has 1 aliphatic heterocycles. The van der Waals surface area contributed by atoms with Crippen molar-refractivity contribution in [2.24, 2.45) is 0 Å². The Hall–Kier alpha value is -2.60. The predicted octanol–water partition coefficient (Wildman–Crippen LogP) is 4.43. The van der Waals surface area contributed by atoms with Gasteiger partial charge in [0.1, 0.15) is 11.6 Å². The van der Waals surface area contributed by atoms with Crippen molar-refractivity contribution in [1.29, 1.82) is 0 Å². The van der Waals surface area contributed by atoms with Gasteiger partial charge >= 0.3 is 0 Å². The van der Waals surface area contributed by atoms with E-state index in [2.05, 4.69) is 5.32 Å². The highest BCUT2D eigenvalue weighted by molar-refractivity contribution is 6.32. The molecule has 0 unspecified atom stereocenters. The minimum absolute atomic E-state index is 0.230. The van der Waals surface area contributed by atoms with E-state index < -0.39 is 17.5 Å². The highest BCUT2D eigenvalue weighted by atomic mass is 35.5. The Kier molecular flexibility index (Phi) is 5.19. The van der Waals surface area contributed by atoms with Crippen LogP contribution in [-0.2, 0) is 4.79 Å². The molecule has 0 saturated heterocycles. The van der Waals surface area contributed by atoms with Crippen molar-refractivity contribution >= 4 is 29.3 Å². The van der Waals surface area contributed by atoms with Gasteiger partial charge in [-0.1, -0.05) is 11.6 Å². The second-order valence-corrected chi connectivity index (χ2v) is 5.73. The van der Waals surface area contributed by atoms with E-state index in [0.29, 0.717) is 35.3 Å². The Morgan fingerprint density at radius 3 is 2.80 bits per heavy atom. The number of hydrogen-bond donors (Lipinski definition) is 1. The van der Waals surface area contributed by atoms with Crippen LogP contribution in [0.5, 0.6) is 11.5 Å². The smallest absolute Gasteiger partial charge is 0.248 e. The van der Waals surface area contributed by atoms with Crippen LogP contribution in [0.15, 0.2) is 36.4 Å². The molecule has 1 N–H and O–H groups in total. The van der Waals surface area contributed by atoms with Crippen molar-refractivity contribution < 1.29 is 23.0 Å². The number of amides is 1. The summed E-state index contributed by atoms with van der Waals surface area (Å²) < 4.78 is 37.7. The van der Waals surface area contributed by atoms with Crippen LogP contribution in [0.1, 0.15) is 12.0 Å². The van der Waals surface area contributed by atoms with Gasteiger partial charge in [0.25, 0.3) is 0 Å². The fourth-order valence-electron chi connectivity index (χ4n) is 2.29. The van der Waals surface area contributed by atoms with Crippen LogP contribution in [0.3, 0.4) is 0 Å². The van der Waals surface area contributed by atoms with E-state index in [9.17, 15) is 13.6 Å². The molecule has 0 aliphatic carbocycles. The van der Waals surface area contributed by atoms with Gasteiger partial charge in [0, 0.05) is 18.6 Å². The average molecular weight is 366 g/mol. The summed E-state index contributed by atoms with van der Waals surface area (Å²) in [7, 11) is 0. The molecule has 0 fully saturated rings. The van der Waals surface area contributed by atoms with Crippen LogP contribution in [0.25, 0.3) is 6.08 Å². The maximum atomic E-state index is 13.5. The maximum absolute atomic E-state index is 13.5. The molecule has 0 bridgehead atoms. The van der Waals surface area contributed by atoms with Crippen LogP contribution in [-0.4, -0.2) is 19.1 Å². The Labute approximate surface area is 148 Å². The van der Waals surface area contributed by atoms with E-state index in [4.69, 9.17) is 21.1 Å². The minimum atomic E-state index is -0.721. The lowest BCUT2D eigenvalue weighted by Gasteiger charge is -2.10. The fraction of sp³-hybridized carbons (Fsp3) is 0.167. The molecule has 2 aromatic rings. The first-order valence-electron chi connectivity index (χ1n) is 7.56. The molecule has 0 radical (unpaired) electrons. The van der Waals surface area contributed by atoms with Gasteiger partial charge in [-0.25, -0.2) is 8.78 Å². The number of fused-ring (bicyclic) bond motifs is 1. The summed E-state index contributed by atoms with van der Waals surface area (Å²) in [6.07, 6.45) is 3.44. The number of carbonyl (C=O) groups excluding carboxylic acids is 1. The molecule has 1 aliphatic rings. The highest BCUT2D eigenvalue weighted by Crippen LogP contribution is 2.38. The highest BCUT2D eigenvalue weighted by Gasteiger charge is 2.15. The summed E-state index contributed by atoms with van der Waals surface area (Å²) in [5, 5.41) is 2.65. The van der Waals surface area contributed by atoms with Crippen molar-refractivity contribution in [1.82, 2.24) is 0 Å². The number of halogens is 3. The van der Waals surface area contributed by atoms with Crippen molar-refractivity contribution in [3.63, 3.8) is 0 Å². The van der Waals surface area contributed by atoms with Gasteiger partial charge in [-0.05, 0) is 35.9 Å². The van der Waals surface area contributed by atoms with Crippen LogP contribution in [0.2, 0.25) is 5.02 Å². The van der Waals surface area contributed by atoms with E-state index in [-0.39, 0.29) is 5.69 Å². The summed E-state index contributed by atoms with van der Waals surface area (Å²) in [5.41, 5.74) is 0.385. The summed E-state index contributed by atoms with van der Waals surface area (Å²) in [6, 6.07) is 6.14. The first kappa shape index (κ1) is 17.2. The minimum Gasteiger partial charge on any atom is -0.489 e. The number of carbonyl (C=O) groups is 1. The standard InChI is InChI=1S/C18H14ClF2NO3/c19-13-8-11(9-16-18(13)25-7-1-6-24-16)2-5-17(23)22-15-10-12(20)3-4-14(15)21/h2-5,8-10H,1,6-7H2,(H,22,23)/b5-2+. The van der Waals surface area contributed by atoms with Gasteiger partial charge < -0.3 is 14.8 Å². The SMILES string of the molecule is O=C(/C=C/c1cc(Cl)c2c(c1)OCCCO2)Nc1cc(F)ccc1F. The number of benzene rings is 2. The van der Waals surface area contributed by atoms with Crippen LogP contribution in [0.4, 0.5) is 14.5 Å². The maximum Gasteiger partial charge on any atom is 0.248 e. The Morgan fingerprint density at radius 1 is 1.16 bits per heavy atom. The fourth-order valence-corrected chi connectivity index (χ4v) is 2.56. The lowest BCUT2D eigenvalue weighted by molar-refractivity contribution is -0.111. The molecule has 2 aromatic carbocycles. The molecule has 1 heterocycles. The predicted molar refractivity (Wildman–Crippen MR) is 91.1 cm³/mol. The molecule has 4 nitrogen and oxygen atoms in total. The molecular weight excluding hydrogens is 352 g/mol. The normalized spacial score (nSPS) is 13.6. The largest absolute Gasteiger partial charge is 0.489 e. The Morgan fingerprint density at radius 2 is 1.96 bits per heavy atom. The molecule has 0 spiro atoms. The molecule has 130 valence electrons. The number of rotatable bonds is 3. The topological polar surface area (TPSA) is 47.6 Å². The van der Waals surface area contributed by atoms with E-state index in [0.717, 1.165) is 24.6 Å². The molecule has 3 rings (SSSR count). The van der Waals surface area contributed by atoms with Crippen molar-refractivity contribution in [3.8, 4) is 11.5 Å². The monoisotopic (exact) mass is 365 g/mol. The van der Waals surface area contributed by atoms with Gasteiger partial charge in [-0.15, -0.1) is 0 Å². The quantitative estimate of drug-likeness (QED) is 0.818. The Bertz CT molecular complexity index is 839. The zero-order valence-corrected chi connectivity index (χ0v) is 13.8. The molecule has 0 atom stereocenters. The summed E-state index contributed by atoms with van der Waals surface area (Å²) in [4.78, 5) is 11.9. The third-order valence-corrected chi connectivity index (χ3v) is 3.72. The number of nitrogens with one attached hydrogen (secondary N) is 1. The van der Waals surface area contributed by atoms with E-state index in [1.165, 1.54) is 12.2 Å². The zero-order chi connectivity index (χ0) is 17.8. The Balaban J connectivity index is 1.75. The first-order chi connectivity index (χ1) is 12.0. The van der Waals surface area contributed by atoms with Gasteiger partial charge in [0.15, 0.2) is 11.5 Å². The van der Waals surface area contributed by atoms with Crippen molar-refractivity contribution in [3.05, 3.63) is 58.6 Å². The number of hydrogen-bond acceptors (Lipinski definition) is 3. The van der Waals surface area contributed by atoms with E-state index in [1.807, 2.05) is 0 Å². The number of ether oxygens (including phenoxy) is 2. The molecular formula is C18H14ClF2NO3. The zero-order valence-electron chi connectivity index (χ0n) is 13.0. The average Bonchev–Trinajstić information content (AvgIpc) is 2.82. The van der Waals surface area contributed by atoms with Crippen molar-refractivity contribution in [2.75, 3.05) is 18.5 Å². The number of anilines is 1. The summed E-state index contributed by atoms with van der Waals surface area (Å²) in [5.74, 6) is -0.992. The van der Waals surface area contributed by atoms with E-state index in [1.54, 1.807) is 12.1 Å². The van der Waals surface area contributed by atoms with Gasteiger partial charge in [-0.2, -0.15) is 0 Å².